The molecular formula is C12H23N5O. The number of rotatable bonds is 7. The Bertz CT molecular complexity index is 361. The zero-order valence-corrected chi connectivity index (χ0v) is 11.6. The zero-order chi connectivity index (χ0) is 13.6. The second-order valence-corrected chi connectivity index (χ2v) is 5.29. The van der Waals surface area contributed by atoms with Crippen LogP contribution in [0.25, 0.3) is 0 Å². The van der Waals surface area contributed by atoms with E-state index < -0.39 is 0 Å². The Kier molecular flexibility index (Phi) is 5.27. The standard InChI is InChI=1S/C12H23N5O/c1-10(9-12(3,4)15-11(2)18)13-5-7-17-8-6-14-16-17/h6,8,10,13H,5,7,9H2,1-4H3,(H,15,18). The van der Waals surface area contributed by atoms with Crippen molar-refractivity contribution in [3.05, 3.63) is 12.4 Å². The molecule has 18 heavy (non-hydrogen) atoms. The maximum atomic E-state index is 11.1. The lowest BCUT2D eigenvalue weighted by atomic mass is 9.96. The van der Waals surface area contributed by atoms with Crippen LogP contribution in [0.2, 0.25) is 0 Å². The molecule has 0 fully saturated rings. The molecule has 0 aliphatic rings. The fourth-order valence-electron chi connectivity index (χ4n) is 2.14. The summed E-state index contributed by atoms with van der Waals surface area (Å²) in [6.07, 6.45) is 4.39. The Labute approximate surface area is 108 Å². The summed E-state index contributed by atoms with van der Waals surface area (Å²) in [5.41, 5.74) is -0.189. The quantitative estimate of drug-likeness (QED) is 0.745. The van der Waals surface area contributed by atoms with Gasteiger partial charge in [0.15, 0.2) is 0 Å². The first-order chi connectivity index (χ1) is 8.39. The predicted octanol–water partition coefficient (Wildman–Crippen LogP) is 0.561. The molecule has 0 radical (unpaired) electrons. The first kappa shape index (κ1) is 14.6. The van der Waals surface area contributed by atoms with Gasteiger partial charge in [-0.1, -0.05) is 5.21 Å². The maximum Gasteiger partial charge on any atom is 0.217 e. The number of hydrogen-bond donors (Lipinski definition) is 2. The van der Waals surface area contributed by atoms with Gasteiger partial charge in [-0.25, -0.2) is 0 Å². The third-order valence-corrected chi connectivity index (χ3v) is 2.64. The van der Waals surface area contributed by atoms with E-state index in [9.17, 15) is 4.79 Å². The zero-order valence-electron chi connectivity index (χ0n) is 11.6. The molecule has 2 N–H and O–H groups in total. The van der Waals surface area contributed by atoms with Crippen molar-refractivity contribution < 1.29 is 4.79 Å². The van der Waals surface area contributed by atoms with E-state index in [1.54, 1.807) is 17.8 Å². The Morgan fingerprint density at radius 3 is 2.78 bits per heavy atom. The number of aromatic nitrogens is 3. The van der Waals surface area contributed by atoms with Gasteiger partial charge in [0.1, 0.15) is 0 Å². The van der Waals surface area contributed by atoms with Crippen molar-refractivity contribution in [1.82, 2.24) is 25.6 Å². The normalized spacial score (nSPS) is 13.3. The van der Waals surface area contributed by atoms with Crippen LogP contribution in [0.1, 0.15) is 34.1 Å². The molecule has 0 aliphatic carbocycles. The number of carbonyl (C=O) groups excluding carboxylic acids is 1. The molecule has 1 aromatic rings. The van der Waals surface area contributed by atoms with Crippen LogP contribution in [0.4, 0.5) is 0 Å². The van der Waals surface area contributed by atoms with Crippen molar-refractivity contribution in [2.45, 2.75) is 52.2 Å². The Morgan fingerprint density at radius 1 is 1.50 bits per heavy atom. The van der Waals surface area contributed by atoms with Crippen molar-refractivity contribution >= 4 is 5.91 Å². The van der Waals surface area contributed by atoms with Crippen LogP contribution in [0.3, 0.4) is 0 Å². The van der Waals surface area contributed by atoms with Crippen LogP contribution in [0, 0.1) is 0 Å². The highest BCUT2D eigenvalue weighted by Gasteiger charge is 2.21. The van der Waals surface area contributed by atoms with Gasteiger partial charge in [0.2, 0.25) is 5.91 Å². The van der Waals surface area contributed by atoms with Crippen LogP contribution in [-0.4, -0.2) is 39.0 Å². The second kappa shape index (κ2) is 6.49. The molecule has 6 heteroatoms. The van der Waals surface area contributed by atoms with E-state index >= 15 is 0 Å². The van der Waals surface area contributed by atoms with E-state index in [1.165, 1.54) is 0 Å². The molecule has 0 bridgehead atoms. The summed E-state index contributed by atoms with van der Waals surface area (Å²) in [5.74, 6) is 0.00909. The van der Waals surface area contributed by atoms with E-state index in [1.807, 2.05) is 20.0 Å². The monoisotopic (exact) mass is 253 g/mol. The Morgan fingerprint density at radius 2 is 2.22 bits per heavy atom. The van der Waals surface area contributed by atoms with Gasteiger partial charge in [0.05, 0.1) is 12.7 Å². The highest BCUT2D eigenvalue weighted by molar-refractivity contribution is 5.73. The lowest BCUT2D eigenvalue weighted by Gasteiger charge is -2.29. The van der Waals surface area contributed by atoms with E-state index in [4.69, 9.17) is 0 Å². The summed E-state index contributed by atoms with van der Waals surface area (Å²) in [5, 5.41) is 14.0. The highest BCUT2D eigenvalue weighted by atomic mass is 16.1. The molecule has 1 atom stereocenters. The fourth-order valence-corrected chi connectivity index (χ4v) is 2.14. The molecule has 1 rings (SSSR count). The predicted molar refractivity (Wildman–Crippen MR) is 70.0 cm³/mol. The molecule has 6 nitrogen and oxygen atoms in total. The molecule has 1 heterocycles. The van der Waals surface area contributed by atoms with Crippen LogP contribution in [-0.2, 0) is 11.3 Å². The van der Waals surface area contributed by atoms with Crippen LogP contribution in [0.5, 0.6) is 0 Å². The van der Waals surface area contributed by atoms with E-state index in [-0.39, 0.29) is 11.4 Å². The van der Waals surface area contributed by atoms with Gasteiger partial charge in [-0.2, -0.15) is 0 Å². The molecule has 0 saturated heterocycles. The minimum atomic E-state index is -0.189. The average molecular weight is 253 g/mol. The summed E-state index contributed by atoms with van der Waals surface area (Å²) in [6.45, 7) is 9.36. The lowest BCUT2D eigenvalue weighted by molar-refractivity contribution is -0.120. The van der Waals surface area contributed by atoms with Gasteiger partial charge < -0.3 is 10.6 Å². The van der Waals surface area contributed by atoms with Gasteiger partial charge in [0.25, 0.3) is 0 Å². The highest BCUT2D eigenvalue weighted by Crippen LogP contribution is 2.11. The van der Waals surface area contributed by atoms with Crippen molar-refractivity contribution in [3.8, 4) is 0 Å². The number of carbonyl (C=O) groups is 1. The summed E-state index contributed by atoms with van der Waals surface area (Å²) >= 11 is 0. The summed E-state index contributed by atoms with van der Waals surface area (Å²) in [7, 11) is 0. The summed E-state index contributed by atoms with van der Waals surface area (Å²) in [4.78, 5) is 11.1. The van der Waals surface area contributed by atoms with Crippen LogP contribution in [0.15, 0.2) is 12.4 Å². The van der Waals surface area contributed by atoms with Crippen LogP contribution >= 0.6 is 0 Å². The Hall–Kier alpha value is -1.43. The molecule has 102 valence electrons. The van der Waals surface area contributed by atoms with Crippen molar-refractivity contribution in [2.75, 3.05) is 6.54 Å². The van der Waals surface area contributed by atoms with Gasteiger partial charge in [0, 0.05) is 31.2 Å². The average Bonchev–Trinajstić information content (AvgIpc) is 2.66. The minimum absolute atomic E-state index is 0.00909. The van der Waals surface area contributed by atoms with Crippen molar-refractivity contribution in [3.63, 3.8) is 0 Å². The third-order valence-electron chi connectivity index (χ3n) is 2.64. The molecule has 0 spiro atoms. The van der Waals surface area contributed by atoms with Crippen molar-refractivity contribution in [1.29, 1.82) is 0 Å². The first-order valence-electron chi connectivity index (χ1n) is 6.25. The van der Waals surface area contributed by atoms with E-state index in [0.717, 1.165) is 19.5 Å². The number of nitrogens with zero attached hydrogens (tertiary/aromatic N) is 3. The number of amides is 1. The molecule has 1 aromatic heterocycles. The summed E-state index contributed by atoms with van der Waals surface area (Å²) < 4.78 is 1.79. The lowest BCUT2D eigenvalue weighted by Crippen LogP contribution is -2.47. The third kappa shape index (κ3) is 5.77. The second-order valence-electron chi connectivity index (χ2n) is 5.29. The first-order valence-corrected chi connectivity index (χ1v) is 6.25. The fraction of sp³-hybridized carbons (Fsp3) is 0.750. The van der Waals surface area contributed by atoms with Crippen LogP contribution < -0.4 is 10.6 Å². The topological polar surface area (TPSA) is 71.8 Å². The smallest absolute Gasteiger partial charge is 0.217 e. The van der Waals surface area contributed by atoms with Crippen molar-refractivity contribution in [2.24, 2.45) is 0 Å². The summed E-state index contributed by atoms with van der Waals surface area (Å²) in [6, 6.07) is 0.329. The SMILES string of the molecule is CC(=O)NC(C)(C)CC(C)NCCn1ccnn1. The largest absolute Gasteiger partial charge is 0.351 e. The minimum Gasteiger partial charge on any atom is -0.351 e. The number of nitrogens with one attached hydrogen (secondary N) is 2. The van der Waals surface area contributed by atoms with Gasteiger partial charge in [-0.15, -0.1) is 5.10 Å². The molecule has 1 amide bonds. The molecule has 0 aliphatic heterocycles. The Balaban J connectivity index is 2.24. The van der Waals surface area contributed by atoms with E-state index in [0.29, 0.717) is 6.04 Å². The molecular weight excluding hydrogens is 230 g/mol. The van der Waals surface area contributed by atoms with Gasteiger partial charge in [-0.3, -0.25) is 9.48 Å². The number of hydrogen-bond acceptors (Lipinski definition) is 4. The van der Waals surface area contributed by atoms with Gasteiger partial charge in [-0.05, 0) is 27.2 Å². The maximum absolute atomic E-state index is 11.1. The van der Waals surface area contributed by atoms with E-state index in [2.05, 4.69) is 27.9 Å². The van der Waals surface area contributed by atoms with Gasteiger partial charge >= 0.3 is 0 Å². The molecule has 0 aromatic carbocycles. The molecule has 0 saturated carbocycles. The molecule has 1 unspecified atom stereocenters.